The summed E-state index contributed by atoms with van der Waals surface area (Å²) in [5.41, 5.74) is -2.86. The summed E-state index contributed by atoms with van der Waals surface area (Å²) in [7, 11) is 0. The number of hydrogen-bond acceptors (Lipinski definition) is 6. The van der Waals surface area contributed by atoms with E-state index in [-0.39, 0.29) is 24.0 Å². The first-order chi connectivity index (χ1) is 12.6. The third-order valence-electron chi connectivity index (χ3n) is 4.79. The average Bonchev–Trinajstić information content (AvgIpc) is 2.61. The van der Waals surface area contributed by atoms with E-state index in [2.05, 4.69) is 0 Å². The summed E-state index contributed by atoms with van der Waals surface area (Å²) in [5.74, 6) is -4.74. The summed E-state index contributed by atoms with van der Waals surface area (Å²) in [6.45, 7) is 3.30. The van der Waals surface area contributed by atoms with Crippen LogP contribution < -0.4 is 0 Å². The molecule has 8 nitrogen and oxygen atoms in total. The van der Waals surface area contributed by atoms with Gasteiger partial charge < -0.3 is 10.2 Å². The minimum Gasteiger partial charge on any atom is -0.500 e. The smallest absolute Gasteiger partial charge is 0.314 e. The highest BCUT2D eigenvalue weighted by molar-refractivity contribution is 5.56. The van der Waals surface area contributed by atoms with Crippen molar-refractivity contribution in [1.29, 1.82) is 0 Å². The number of benzene rings is 2. The Labute approximate surface area is 152 Å². The Hall–Kier alpha value is -3.30. The fourth-order valence-electron chi connectivity index (χ4n) is 3.23. The van der Waals surface area contributed by atoms with E-state index in [1.807, 2.05) is 0 Å². The quantitative estimate of drug-likeness (QED) is 0.566. The van der Waals surface area contributed by atoms with Crippen LogP contribution in [0.15, 0.2) is 24.3 Å². The van der Waals surface area contributed by atoms with Gasteiger partial charge >= 0.3 is 11.4 Å². The van der Waals surface area contributed by atoms with Crippen LogP contribution in [0.5, 0.6) is 11.5 Å². The minimum absolute atomic E-state index is 0.0499. The molecule has 0 amide bonds. The lowest BCUT2D eigenvalue weighted by Crippen LogP contribution is -2.27. The molecule has 2 N–H and O–H groups in total. The molecule has 0 spiro atoms. The van der Waals surface area contributed by atoms with Gasteiger partial charge in [-0.1, -0.05) is 13.8 Å². The van der Waals surface area contributed by atoms with Crippen molar-refractivity contribution in [1.82, 2.24) is 0 Å². The predicted molar refractivity (Wildman–Crippen MR) is 90.8 cm³/mol. The molecule has 10 heteroatoms. The van der Waals surface area contributed by atoms with Gasteiger partial charge in [0.1, 0.15) is 0 Å². The van der Waals surface area contributed by atoms with E-state index in [0.717, 1.165) is 24.3 Å². The summed E-state index contributed by atoms with van der Waals surface area (Å²) in [6.07, 6.45) is 0.373. The Kier molecular flexibility index (Phi) is 5.29. The van der Waals surface area contributed by atoms with E-state index in [1.165, 1.54) is 0 Å². The van der Waals surface area contributed by atoms with Crippen molar-refractivity contribution in [3.05, 3.63) is 67.3 Å². The molecule has 0 saturated heterocycles. The number of halogens is 2. The molecule has 0 aliphatic carbocycles. The third-order valence-corrected chi connectivity index (χ3v) is 4.79. The highest BCUT2D eigenvalue weighted by Crippen LogP contribution is 2.45. The van der Waals surface area contributed by atoms with Crippen molar-refractivity contribution in [3.63, 3.8) is 0 Å². The summed E-state index contributed by atoms with van der Waals surface area (Å²) in [5, 5.41) is 41.4. The SMILES string of the molecule is CCC(CC)(c1cc(F)c(O)c([N+](=O)[O-])c1)c1cc(F)c(O)c([N+](=O)[O-])c1. The van der Waals surface area contributed by atoms with Crippen LogP contribution >= 0.6 is 0 Å². The molecule has 0 aromatic heterocycles. The highest BCUT2D eigenvalue weighted by atomic mass is 19.1. The number of aromatic hydroxyl groups is 2. The van der Waals surface area contributed by atoms with Gasteiger partial charge in [0.05, 0.1) is 9.85 Å². The zero-order valence-corrected chi connectivity index (χ0v) is 14.4. The molecule has 0 fully saturated rings. The predicted octanol–water partition coefficient (Wildman–Crippen LogP) is 4.30. The van der Waals surface area contributed by atoms with Gasteiger partial charge in [0, 0.05) is 17.5 Å². The van der Waals surface area contributed by atoms with Crippen LogP contribution in [0.3, 0.4) is 0 Å². The van der Waals surface area contributed by atoms with Gasteiger partial charge in [-0.05, 0) is 36.1 Å². The molecule has 0 bridgehead atoms. The molecule has 27 heavy (non-hydrogen) atoms. The topological polar surface area (TPSA) is 127 Å². The first-order valence-corrected chi connectivity index (χ1v) is 7.93. The van der Waals surface area contributed by atoms with Crippen LogP contribution in [0.4, 0.5) is 20.2 Å². The van der Waals surface area contributed by atoms with E-state index < -0.39 is 49.8 Å². The zero-order valence-electron chi connectivity index (χ0n) is 14.4. The molecule has 0 heterocycles. The lowest BCUT2D eigenvalue weighted by molar-refractivity contribution is -0.386. The Morgan fingerprint density at radius 3 is 1.44 bits per heavy atom. The average molecular weight is 382 g/mol. The fraction of sp³-hybridized carbons (Fsp3) is 0.294. The second-order valence-electron chi connectivity index (χ2n) is 5.96. The molecule has 0 atom stereocenters. The van der Waals surface area contributed by atoms with Crippen LogP contribution in [-0.4, -0.2) is 20.1 Å². The van der Waals surface area contributed by atoms with Gasteiger partial charge in [-0.15, -0.1) is 0 Å². The molecule has 0 aliphatic rings. The van der Waals surface area contributed by atoms with Crippen molar-refractivity contribution in [2.45, 2.75) is 32.1 Å². The Morgan fingerprint density at radius 2 is 1.19 bits per heavy atom. The first-order valence-electron chi connectivity index (χ1n) is 7.93. The van der Waals surface area contributed by atoms with E-state index in [4.69, 9.17) is 0 Å². The van der Waals surface area contributed by atoms with Crippen molar-refractivity contribution >= 4 is 11.4 Å². The largest absolute Gasteiger partial charge is 0.500 e. The molecule has 2 rings (SSSR count). The molecular formula is C17H16F2N2O6. The van der Waals surface area contributed by atoms with Gasteiger partial charge in [0.2, 0.25) is 11.5 Å². The van der Waals surface area contributed by atoms with Crippen molar-refractivity contribution in [2.75, 3.05) is 0 Å². The number of nitrogens with zero attached hydrogens (tertiary/aromatic N) is 2. The minimum atomic E-state index is -1.24. The Bertz CT molecular complexity index is 857. The van der Waals surface area contributed by atoms with Gasteiger partial charge in [0.15, 0.2) is 11.6 Å². The van der Waals surface area contributed by atoms with Gasteiger partial charge in [-0.2, -0.15) is 0 Å². The molecule has 2 aromatic carbocycles. The molecular weight excluding hydrogens is 366 g/mol. The van der Waals surface area contributed by atoms with E-state index in [0.29, 0.717) is 0 Å². The molecule has 0 radical (unpaired) electrons. The van der Waals surface area contributed by atoms with Crippen molar-refractivity contribution < 1.29 is 28.8 Å². The lowest BCUT2D eigenvalue weighted by Gasteiger charge is -2.33. The maximum Gasteiger partial charge on any atom is 0.314 e. The monoisotopic (exact) mass is 382 g/mol. The fourth-order valence-corrected chi connectivity index (χ4v) is 3.23. The van der Waals surface area contributed by atoms with Gasteiger partial charge in [-0.3, -0.25) is 20.2 Å². The first kappa shape index (κ1) is 20.0. The van der Waals surface area contributed by atoms with Crippen LogP contribution in [0, 0.1) is 31.9 Å². The summed E-state index contributed by atoms with van der Waals surface area (Å²) in [6, 6.07) is 3.68. The molecule has 0 saturated carbocycles. The number of nitro groups is 2. The normalized spacial score (nSPS) is 11.4. The van der Waals surface area contributed by atoms with Crippen molar-refractivity contribution in [2.24, 2.45) is 0 Å². The maximum absolute atomic E-state index is 14.1. The van der Waals surface area contributed by atoms with Crippen LogP contribution in [0.1, 0.15) is 37.8 Å². The molecule has 0 unspecified atom stereocenters. The molecule has 144 valence electrons. The third kappa shape index (κ3) is 3.25. The summed E-state index contributed by atoms with van der Waals surface area (Å²) in [4.78, 5) is 20.3. The number of rotatable bonds is 6. The summed E-state index contributed by atoms with van der Waals surface area (Å²) < 4.78 is 28.2. The number of hydrogen-bond donors (Lipinski definition) is 2. The number of phenolic OH excluding ortho intramolecular Hbond substituents is 2. The highest BCUT2D eigenvalue weighted by Gasteiger charge is 2.36. The van der Waals surface area contributed by atoms with E-state index in [1.54, 1.807) is 13.8 Å². The van der Waals surface area contributed by atoms with Crippen LogP contribution in [-0.2, 0) is 5.41 Å². The summed E-state index contributed by atoms with van der Waals surface area (Å²) >= 11 is 0. The van der Waals surface area contributed by atoms with Crippen LogP contribution in [0.25, 0.3) is 0 Å². The van der Waals surface area contributed by atoms with Gasteiger partial charge in [0.25, 0.3) is 0 Å². The second-order valence-corrected chi connectivity index (χ2v) is 5.96. The van der Waals surface area contributed by atoms with Gasteiger partial charge in [-0.25, -0.2) is 8.78 Å². The van der Waals surface area contributed by atoms with Crippen LogP contribution in [0.2, 0.25) is 0 Å². The van der Waals surface area contributed by atoms with E-state index in [9.17, 15) is 39.2 Å². The molecule has 2 aromatic rings. The number of nitro benzene ring substituents is 2. The number of phenols is 2. The molecule has 0 aliphatic heterocycles. The standard InChI is InChI=1S/C17H16F2N2O6/c1-3-17(4-2,9-5-11(18)15(22)13(7-9)20(24)25)10-6-12(19)16(23)14(8-10)21(26)27/h5-8,22-23H,3-4H2,1-2H3. The van der Waals surface area contributed by atoms with Crippen molar-refractivity contribution in [3.8, 4) is 11.5 Å². The maximum atomic E-state index is 14.1. The Morgan fingerprint density at radius 1 is 0.852 bits per heavy atom. The zero-order chi connectivity index (χ0) is 20.5. The lowest BCUT2D eigenvalue weighted by atomic mass is 9.70. The van der Waals surface area contributed by atoms with E-state index >= 15 is 0 Å². The Balaban J connectivity index is 2.85. The second kappa shape index (κ2) is 7.14.